The third-order valence-corrected chi connectivity index (χ3v) is 3.76. The molecule has 0 N–H and O–H groups in total. The first-order valence-electron chi connectivity index (χ1n) is 6.90. The van der Waals surface area contributed by atoms with Crippen LogP contribution in [0.3, 0.4) is 0 Å². The molecule has 1 aromatic carbocycles. The van der Waals surface area contributed by atoms with Crippen LogP contribution in [0.1, 0.15) is 37.4 Å². The van der Waals surface area contributed by atoms with Gasteiger partial charge in [0.15, 0.2) is 0 Å². The van der Waals surface area contributed by atoms with E-state index in [1.165, 1.54) is 18.4 Å². The van der Waals surface area contributed by atoms with Gasteiger partial charge in [-0.15, -0.1) is 11.3 Å². The van der Waals surface area contributed by atoms with Crippen LogP contribution in [0.4, 0.5) is 0 Å². The van der Waals surface area contributed by atoms with Crippen molar-refractivity contribution in [2.45, 2.75) is 39.9 Å². The maximum absolute atomic E-state index is 11.7. The fourth-order valence-corrected chi connectivity index (χ4v) is 3.00. The van der Waals surface area contributed by atoms with Crippen molar-refractivity contribution in [2.75, 3.05) is 7.11 Å². The van der Waals surface area contributed by atoms with Crippen LogP contribution >= 0.6 is 11.3 Å². The number of hydrogen-bond donors (Lipinski definition) is 0. The lowest BCUT2D eigenvalue weighted by Gasteiger charge is -2.14. The molecule has 2 rings (SSSR count). The average molecular weight is 308 g/mol. The second-order valence-electron chi connectivity index (χ2n) is 5.27. The Hall–Kier alpha value is -1.75. The molecular formula is C16H20O4S. The molecule has 0 aliphatic carbocycles. The van der Waals surface area contributed by atoms with E-state index in [0.29, 0.717) is 4.88 Å². The van der Waals surface area contributed by atoms with Crippen LogP contribution in [-0.4, -0.2) is 25.3 Å². The van der Waals surface area contributed by atoms with Gasteiger partial charge in [0.25, 0.3) is 0 Å². The first-order chi connectivity index (χ1) is 9.90. The number of benzene rings is 1. The van der Waals surface area contributed by atoms with Crippen LogP contribution in [0.15, 0.2) is 18.2 Å². The normalized spacial score (nSPS) is 11.2. The van der Waals surface area contributed by atoms with Crippen LogP contribution in [0, 0.1) is 0 Å². The molecule has 0 fully saturated rings. The zero-order chi connectivity index (χ0) is 15.6. The summed E-state index contributed by atoms with van der Waals surface area (Å²) < 4.78 is 17.3. The van der Waals surface area contributed by atoms with Gasteiger partial charge in [0.1, 0.15) is 16.4 Å². The van der Waals surface area contributed by atoms with Crippen molar-refractivity contribution in [3.63, 3.8) is 0 Å². The van der Waals surface area contributed by atoms with Crippen LogP contribution < -0.4 is 9.47 Å². The third-order valence-electron chi connectivity index (χ3n) is 2.69. The zero-order valence-electron chi connectivity index (χ0n) is 12.9. The summed E-state index contributed by atoms with van der Waals surface area (Å²) in [5, 5.41) is 0.908. The van der Waals surface area contributed by atoms with Gasteiger partial charge in [0.05, 0.1) is 19.3 Å². The summed E-state index contributed by atoms with van der Waals surface area (Å²) in [6.45, 7) is 7.88. The van der Waals surface area contributed by atoms with Crippen molar-refractivity contribution < 1.29 is 19.0 Å². The minimum Gasteiger partial charge on any atom is -0.491 e. The van der Waals surface area contributed by atoms with Crippen LogP contribution in [-0.2, 0) is 4.74 Å². The maximum Gasteiger partial charge on any atom is 0.348 e. The molecule has 1 heterocycles. The van der Waals surface area contributed by atoms with E-state index in [1.807, 2.05) is 45.9 Å². The molecule has 0 aliphatic heterocycles. The molecule has 21 heavy (non-hydrogen) atoms. The first kappa shape index (κ1) is 15.6. The second kappa shape index (κ2) is 6.35. The number of ether oxygens (including phenoxy) is 3. The quantitative estimate of drug-likeness (QED) is 0.774. The number of methoxy groups -OCH3 is 1. The smallest absolute Gasteiger partial charge is 0.348 e. The molecule has 0 saturated heterocycles. The van der Waals surface area contributed by atoms with Crippen molar-refractivity contribution in [1.29, 1.82) is 0 Å². The van der Waals surface area contributed by atoms with Crippen molar-refractivity contribution in [3.05, 3.63) is 23.1 Å². The van der Waals surface area contributed by atoms with Gasteiger partial charge in [-0.3, -0.25) is 0 Å². The van der Waals surface area contributed by atoms with Crippen LogP contribution in [0.5, 0.6) is 11.5 Å². The highest BCUT2D eigenvalue weighted by atomic mass is 32.1. The van der Waals surface area contributed by atoms with Crippen molar-refractivity contribution in [2.24, 2.45) is 0 Å². The fraction of sp³-hybridized carbons (Fsp3) is 0.438. The SMILES string of the molecule is COC(=O)c1cc2c(OC(C)C)cc(OC(C)C)cc2s1. The highest BCUT2D eigenvalue weighted by molar-refractivity contribution is 7.20. The molecule has 2 aromatic rings. The van der Waals surface area contributed by atoms with Crippen molar-refractivity contribution in [1.82, 2.24) is 0 Å². The Balaban J connectivity index is 2.53. The minimum atomic E-state index is -0.335. The Morgan fingerprint density at radius 1 is 1.05 bits per heavy atom. The van der Waals surface area contributed by atoms with E-state index < -0.39 is 0 Å². The number of esters is 1. The van der Waals surface area contributed by atoms with E-state index in [1.54, 1.807) is 0 Å². The van der Waals surface area contributed by atoms with E-state index >= 15 is 0 Å². The van der Waals surface area contributed by atoms with E-state index in [9.17, 15) is 4.79 Å². The predicted molar refractivity (Wildman–Crippen MR) is 84.7 cm³/mol. The van der Waals surface area contributed by atoms with Gasteiger partial charge in [-0.2, -0.15) is 0 Å². The number of carbonyl (C=O) groups excluding carboxylic acids is 1. The maximum atomic E-state index is 11.7. The van der Waals surface area contributed by atoms with E-state index in [4.69, 9.17) is 14.2 Å². The molecule has 4 nitrogen and oxygen atoms in total. The fourth-order valence-electron chi connectivity index (χ4n) is 1.98. The number of carbonyl (C=O) groups is 1. The first-order valence-corrected chi connectivity index (χ1v) is 7.71. The topological polar surface area (TPSA) is 44.8 Å². The van der Waals surface area contributed by atoms with Gasteiger partial charge in [-0.1, -0.05) is 0 Å². The lowest BCUT2D eigenvalue weighted by molar-refractivity contribution is 0.0606. The van der Waals surface area contributed by atoms with Crippen LogP contribution in [0.2, 0.25) is 0 Å². The molecule has 0 radical (unpaired) electrons. The monoisotopic (exact) mass is 308 g/mol. The Kier molecular flexibility index (Phi) is 4.73. The second-order valence-corrected chi connectivity index (χ2v) is 6.35. The largest absolute Gasteiger partial charge is 0.491 e. The predicted octanol–water partition coefficient (Wildman–Crippen LogP) is 4.26. The van der Waals surface area contributed by atoms with Gasteiger partial charge in [-0.05, 0) is 39.8 Å². The standard InChI is InChI=1S/C16H20O4S/c1-9(2)19-11-6-13(20-10(3)4)12-8-15(16(17)18-5)21-14(12)7-11/h6-10H,1-5H3. The van der Waals surface area contributed by atoms with Gasteiger partial charge in [-0.25, -0.2) is 4.79 Å². The molecule has 0 amide bonds. The molecule has 0 bridgehead atoms. The molecule has 0 aliphatic rings. The van der Waals surface area contributed by atoms with Crippen molar-refractivity contribution >= 4 is 27.4 Å². The third kappa shape index (κ3) is 3.67. The number of hydrogen-bond acceptors (Lipinski definition) is 5. The summed E-state index contributed by atoms with van der Waals surface area (Å²) in [5.74, 6) is 1.13. The molecule has 0 saturated carbocycles. The number of fused-ring (bicyclic) bond motifs is 1. The minimum absolute atomic E-state index is 0.0453. The lowest BCUT2D eigenvalue weighted by Crippen LogP contribution is -2.08. The van der Waals surface area contributed by atoms with Gasteiger partial charge < -0.3 is 14.2 Å². The summed E-state index contributed by atoms with van der Waals surface area (Å²) in [6.07, 6.45) is 0.123. The van der Waals surface area contributed by atoms with Crippen molar-refractivity contribution in [3.8, 4) is 11.5 Å². The Labute approximate surface area is 128 Å². The van der Waals surface area contributed by atoms with Gasteiger partial charge in [0, 0.05) is 16.2 Å². The summed E-state index contributed by atoms with van der Waals surface area (Å²) in [5.41, 5.74) is 0. The Morgan fingerprint density at radius 2 is 1.71 bits per heavy atom. The van der Waals surface area contributed by atoms with Crippen LogP contribution in [0.25, 0.3) is 10.1 Å². The zero-order valence-corrected chi connectivity index (χ0v) is 13.7. The van der Waals surface area contributed by atoms with E-state index in [2.05, 4.69) is 0 Å². The Morgan fingerprint density at radius 3 is 2.29 bits per heavy atom. The number of rotatable bonds is 5. The van der Waals surface area contributed by atoms with Gasteiger partial charge in [0.2, 0.25) is 0 Å². The van der Waals surface area contributed by atoms with Gasteiger partial charge >= 0.3 is 5.97 Å². The average Bonchev–Trinajstić information content (AvgIpc) is 2.80. The summed E-state index contributed by atoms with van der Waals surface area (Å²) in [7, 11) is 1.38. The van der Waals surface area contributed by atoms with E-state index in [-0.39, 0.29) is 18.2 Å². The summed E-state index contributed by atoms with van der Waals surface area (Å²) >= 11 is 1.38. The summed E-state index contributed by atoms with van der Waals surface area (Å²) in [4.78, 5) is 12.3. The highest BCUT2D eigenvalue weighted by Crippen LogP contribution is 2.37. The van der Waals surface area contributed by atoms with E-state index in [0.717, 1.165) is 21.6 Å². The molecule has 0 atom stereocenters. The molecular weight excluding hydrogens is 288 g/mol. The summed E-state index contributed by atoms with van der Waals surface area (Å²) in [6, 6.07) is 5.61. The molecule has 5 heteroatoms. The Bertz CT molecular complexity index is 643. The molecule has 1 aromatic heterocycles. The highest BCUT2D eigenvalue weighted by Gasteiger charge is 2.16. The molecule has 114 valence electrons. The lowest BCUT2D eigenvalue weighted by atomic mass is 10.2. The molecule has 0 spiro atoms. The number of thiophene rings is 1. The molecule has 0 unspecified atom stereocenters.